The topological polar surface area (TPSA) is 41.1 Å². The number of hydrogen-bond acceptors (Lipinski definition) is 3. The van der Waals surface area contributed by atoms with Crippen LogP contribution >= 0.6 is 0 Å². The van der Waals surface area contributed by atoms with Gasteiger partial charge in [-0.05, 0) is 20.0 Å². The Morgan fingerprint density at radius 1 is 1.77 bits per heavy atom. The Morgan fingerprint density at radius 2 is 2.69 bits per heavy atom. The van der Waals surface area contributed by atoms with Crippen molar-refractivity contribution in [2.45, 2.75) is 6.42 Å². The van der Waals surface area contributed by atoms with E-state index >= 15 is 0 Å². The van der Waals surface area contributed by atoms with E-state index < -0.39 is 0 Å². The summed E-state index contributed by atoms with van der Waals surface area (Å²) in [4.78, 5) is 2.34. The molecule has 1 aromatic heterocycles. The summed E-state index contributed by atoms with van der Waals surface area (Å²) in [7, 11) is 2.15. The number of aromatic amines is 1. The second-order valence-corrected chi connectivity index (χ2v) is 3.66. The summed E-state index contributed by atoms with van der Waals surface area (Å²) in [5, 5.41) is 6.55. The normalized spacial score (nSPS) is 23.6. The lowest BCUT2D eigenvalue weighted by molar-refractivity contribution is 0.249. The molecule has 1 saturated heterocycles. The van der Waals surface area contributed by atoms with Gasteiger partial charge < -0.3 is 9.64 Å². The van der Waals surface area contributed by atoms with Crippen LogP contribution in [0.2, 0.25) is 0 Å². The smallest absolute Gasteiger partial charge is 0.156 e. The van der Waals surface area contributed by atoms with Gasteiger partial charge in [0.25, 0.3) is 0 Å². The van der Waals surface area contributed by atoms with Crippen LogP contribution in [0.15, 0.2) is 12.4 Å². The maximum Gasteiger partial charge on any atom is 0.156 e. The van der Waals surface area contributed by atoms with Crippen molar-refractivity contribution in [2.24, 2.45) is 5.92 Å². The van der Waals surface area contributed by atoms with Crippen molar-refractivity contribution in [1.82, 2.24) is 15.1 Å². The largest absolute Gasteiger partial charge is 0.490 e. The summed E-state index contributed by atoms with van der Waals surface area (Å²) >= 11 is 0. The average Bonchev–Trinajstić information content (AvgIpc) is 2.71. The van der Waals surface area contributed by atoms with E-state index in [2.05, 4.69) is 22.1 Å². The van der Waals surface area contributed by atoms with Crippen LogP contribution in [0.5, 0.6) is 5.75 Å². The first kappa shape index (κ1) is 8.56. The Kier molecular flexibility index (Phi) is 2.49. The lowest BCUT2D eigenvalue weighted by atomic mass is 10.1. The molecule has 2 rings (SSSR count). The van der Waals surface area contributed by atoms with Gasteiger partial charge >= 0.3 is 0 Å². The van der Waals surface area contributed by atoms with Gasteiger partial charge in [0.2, 0.25) is 0 Å². The Morgan fingerprint density at radius 3 is 3.31 bits per heavy atom. The van der Waals surface area contributed by atoms with E-state index in [1.54, 1.807) is 12.4 Å². The highest BCUT2D eigenvalue weighted by atomic mass is 16.5. The molecule has 4 heteroatoms. The van der Waals surface area contributed by atoms with Crippen molar-refractivity contribution in [2.75, 3.05) is 26.7 Å². The van der Waals surface area contributed by atoms with Crippen molar-refractivity contribution in [1.29, 1.82) is 0 Å². The first-order valence-corrected chi connectivity index (χ1v) is 4.65. The summed E-state index contributed by atoms with van der Waals surface area (Å²) in [5.74, 6) is 1.52. The number of H-pyrrole nitrogens is 1. The molecule has 0 aromatic carbocycles. The van der Waals surface area contributed by atoms with Crippen molar-refractivity contribution in [3.63, 3.8) is 0 Å². The van der Waals surface area contributed by atoms with Crippen molar-refractivity contribution >= 4 is 0 Å². The van der Waals surface area contributed by atoms with E-state index in [-0.39, 0.29) is 0 Å². The van der Waals surface area contributed by atoms with Gasteiger partial charge in [-0.3, -0.25) is 5.10 Å². The molecule has 72 valence electrons. The summed E-state index contributed by atoms with van der Waals surface area (Å²) < 4.78 is 5.56. The first-order chi connectivity index (χ1) is 6.34. The molecule has 1 unspecified atom stereocenters. The van der Waals surface area contributed by atoms with Crippen LogP contribution < -0.4 is 4.74 Å². The molecule has 13 heavy (non-hydrogen) atoms. The second-order valence-electron chi connectivity index (χ2n) is 3.66. The first-order valence-electron chi connectivity index (χ1n) is 4.65. The Hall–Kier alpha value is -1.03. The van der Waals surface area contributed by atoms with Gasteiger partial charge in [-0.2, -0.15) is 5.10 Å². The minimum absolute atomic E-state index is 0.680. The minimum atomic E-state index is 0.680. The van der Waals surface area contributed by atoms with Gasteiger partial charge in [0, 0.05) is 12.5 Å². The molecule has 1 aliphatic rings. The van der Waals surface area contributed by atoms with Crippen LogP contribution in [0, 0.1) is 5.92 Å². The van der Waals surface area contributed by atoms with E-state index in [0.717, 1.165) is 18.9 Å². The van der Waals surface area contributed by atoms with E-state index in [1.165, 1.54) is 13.0 Å². The fourth-order valence-corrected chi connectivity index (χ4v) is 1.69. The molecule has 0 amide bonds. The molecule has 0 bridgehead atoms. The molecule has 1 N–H and O–H groups in total. The number of nitrogens with one attached hydrogen (secondary N) is 1. The van der Waals surface area contributed by atoms with E-state index in [9.17, 15) is 0 Å². The maximum atomic E-state index is 5.56. The fourth-order valence-electron chi connectivity index (χ4n) is 1.69. The Balaban J connectivity index is 1.74. The third-order valence-corrected chi connectivity index (χ3v) is 2.45. The molecule has 1 atom stereocenters. The molecule has 1 fully saturated rings. The molecular weight excluding hydrogens is 166 g/mol. The molecule has 4 nitrogen and oxygen atoms in total. The van der Waals surface area contributed by atoms with Crippen LogP contribution in [0.3, 0.4) is 0 Å². The standard InChI is InChI=1S/C9H15N3O/c1-12-3-2-8(6-12)7-13-9-4-10-11-5-9/h4-5,8H,2-3,6-7H2,1H3,(H,10,11). The lowest BCUT2D eigenvalue weighted by Crippen LogP contribution is -2.17. The van der Waals surface area contributed by atoms with Crippen LogP contribution in [0.25, 0.3) is 0 Å². The monoisotopic (exact) mass is 181 g/mol. The van der Waals surface area contributed by atoms with Crippen LogP contribution in [-0.2, 0) is 0 Å². The minimum Gasteiger partial charge on any atom is -0.490 e. The quantitative estimate of drug-likeness (QED) is 0.747. The third-order valence-electron chi connectivity index (χ3n) is 2.45. The number of hydrogen-bond donors (Lipinski definition) is 1. The average molecular weight is 181 g/mol. The molecule has 0 radical (unpaired) electrons. The van der Waals surface area contributed by atoms with Gasteiger partial charge in [-0.1, -0.05) is 0 Å². The van der Waals surface area contributed by atoms with Crippen molar-refractivity contribution < 1.29 is 4.74 Å². The van der Waals surface area contributed by atoms with Crippen molar-refractivity contribution in [3.05, 3.63) is 12.4 Å². The Bertz CT molecular complexity index is 247. The molecule has 0 aliphatic carbocycles. The molecule has 1 aromatic rings. The molecular formula is C9H15N3O. The zero-order valence-corrected chi connectivity index (χ0v) is 7.86. The molecule has 2 heterocycles. The number of ether oxygens (including phenoxy) is 1. The third kappa shape index (κ3) is 2.21. The number of likely N-dealkylation sites (tertiary alicyclic amines) is 1. The lowest BCUT2D eigenvalue weighted by Gasteiger charge is -2.10. The van der Waals surface area contributed by atoms with Gasteiger partial charge in [0.15, 0.2) is 5.75 Å². The summed E-state index contributed by atoms with van der Waals surface area (Å²) in [6.07, 6.45) is 4.73. The highest BCUT2D eigenvalue weighted by Crippen LogP contribution is 2.16. The molecule has 0 saturated carbocycles. The van der Waals surface area contributed by atoms with Gasteiger partial charge in [-0.15, -0.1) is 0 Å². The van der Waals surface area contributed by atoms with Gasteiger partial charge in [0.05, 0.1) is 19.0 Å². The van der Waals surface area contributed by atoms with Gasteiger partial charge in [0.1, 0.15) is 0 Å². The predicted molar refractivity (Wildman–Crippen MR) is 49.7 cm³/mol. The van der Waals surface area contributed by atoms with Crippen molar-refractivity contribution in [3.8, 4) is 5.75 Å². The summed E-state index contributed by atoms with van der Waals surface area (Å²) in [5.41, 5.74) is 0. The Labute approximate surface area is 77.9 Å². The second kappa shape index (κ2) is 3.79. The SMILES string of the molecule is CN1CCC(COc2cn[nH]c2)C1. The van der Waals surface area contributed by atoms with E-state index in [4.69, 9.17) is 4.74 Å². The zero-order chi connectivity index (χ0) is 9.10. The fraction of sp³-hybridized carbons (Fsp3) is 0.667. The molecule has 1 aliphatic heterocycles. The van der Waals surface area contributed by atoms with Gasteiger partial charge in [-0.25, -0.2) is 0 Å². The molecule has 0 spiro atoms. The maximum absolute atomic E-state index is 5.56. The summed E-state index contributed by atoms with van der Waals surface area (Å²) in [6, 6.07) is 0. The van der Waals surface area contributed by atoms with E-state index in [1.807, 2.05) is 0 Å². The summed E-state index contributed by atoms with van der Waals surface area (Å²) in [6.45, 7) is 3.15. The highest BCUT2D eigenvalue weighted by Gasteiger charge is 2.19. The number of rotatable bonds is 3. The number of aromatic nitrogens is 2. The zero-order valence-electron chi connectivity index (χ0n) is 7.86. The number of nitrogens with zero attached hydrogens (tertiary/aromatic N) is 2. The van der Waals surface area contributed by atoms with E-state index in [0.29, 0.717) is 5.92 Å². The van der Waals surface area contributed by atoms with Crippen LogP contribution in [-0.4, -0.2) is 41.8 Å². The van der Waals surface area contributed by atoms with Crippen LogP contribution in [0.4, 0.5) is 0 Å². The van der Waals surface area contributed by atoms with Crippen LogP contribution in [0.1, 0.15) is 6.42 Å². The predicted octanol–water partition coefficient (Wildman–Crippen LogP) is 0.740. The highest BCUT2D eigenvalue weighted by molar-refractivity contribution is 5.10.